The van der Waals surface area contributed by atoms with Crippen LogP contribution in [0.4, 0.5) is 0 Å². The zero-order valence-electron chi connectivity index (χ0n) is 14.8. The summed E-state index contributed by atoms with van der Waals surface area (Å²) in [6, 6.07) is 4.90. The van der Waals surface area contributed by atoms with Gasteiger partial charge in [0.2, 0.25) is 0 Å². The fourth-order valence-electron chi connectivity index (χ4n) is 3.29. The van der Waals surface area contributed by atoms with Crippen molar-refractivity contribution in [3.05, 3.63) is 55.4 Å². The molecule has 0 saturated heterocycles. The second kappa shape index (κ2) is 7.84. The van der Waals surface area contributed by atoms with Gasteiger partial charge in [0, 0.05) is 14.9 Å². The Morgan fingerprint density at radius 2 is 2.21 bits per heavy atom. The molecule has 28 heavy (non-hydrogen) atoms. The number of benzene rings is 1. The smallest absolute Gasteiger partial charge is 0.262 e. The number of nitrogens with zero attached hydrogens (tertiary/aromatic N) is 3. The Bertz CT molecular complexity index is 1150. The normalized spacial score (nSPS) is 13.8. The van der Waals surface area contributed by atoms with Crippen LogP contribution in [0.3, 0.4) is 0 Å². The van der Waals surface area contributed by atoms with E-state index in [-0.39, 0.29) is 17.9 Å². The molecule has 1 aromatic carbocycles. The molecule has 0 atom stereocenters. The minimum absolute atomic E-state index is 0.0503. The van der Waals surface area contributed by atoms with Crippen molar-refractivity contribution in [3.8, 4) is 5.75 Å². The number of aromatic hydroxyl groups is 1. The number of nitrogens with one attached hydrogen (secondary N) is 1. The van der Waals surface area contributed by atoms with Crippen molar-refractivity contribution in [1.29, 1.82) is 0 Å². The largest absolute Gasteiger partial charge is 0.507 e. The molecule has 9 heteroatoms. The molecule has 144 valence electrons. The number of aryl methyl sites for hydroxylation is 2. The Hall–Kier alpha value is -2.52. The first kappa shape index (κ1) is 18.8. The minimum Gasteiger partial charge on any atom is -0.507 e. The predicted molar refractivity (Wildman–Crippen MR) is 112 cm³/mol. The molecule has 7 nitrogen and oxygen atoms in total. The summed E-state index contributed by atoms with van der Waals surface area (Å²) in [5.74, 6) is -0.396. The second-order valence-electron chi connectivity index (χ2n) is 6.56. The maximum absolute atomic E-state index is 12.8. The van der Waals surface area contributed by atoms with Crippen LogP contribution in [0.15, 0.2) is 38.9 Å². The van der Waals surface area contributed by atoms with Gasteiger partial charge in [0.1, 0.15) is 17.1 Å². The molecule has 1 aliphatic rings. The molecule has 0 bridgehead atoms. The summed E-state index contributed by atoms with van der Waals surface area (Å²) in [7, 11) is 0. The Labute approximate surface area is 172 Å². The van der Waals surface area contributed by atoms with E-state index in [2.05, 4.69) is 31.4 Å². The lowest BCUT2D eigenvalue weighted by Gasteiger charge is -2.10. The lowest BCUT2D eigenvalue weighted by Crippen LogP contribution is -2.30. The van der Waals surface area contributed by atoms with Crippen molar-refractivity contribution < 1.29 is 9.90 Å². The molecule has 0 aliphatic heterocycles. The second-order valence-corrected chi connectivity index (χ2v) is 8.56. The molecule has 0 radical (unpaired) electrons. The molecule has 0 saturated carbocycles. The van der Waals surface area contributed by atoms with E-state index in [1.807, 2.05) is 0 Å². The van der Waals surface area contributed by atoms with E-state index in [0.29, 0.717) is 10.9 Å². The number of phenols is 1. The van der Waals surface area contributed by atoms with Gasteiger partial charge in [-0.05, 0) is 49.4 Å². The number of hydrogen-bond donors (Lipinski definition) is 2. The molecule has 1 amide bonds. The third-order valence-corrected chi connectivity index (χ3v) is 6.33. The van der Waals surface area contributed by atoms with Crippen LogP contribution in [0.5, 0.6) is 5.75 Å². The highest BCUT2D eigenvalue weighted by Gasteiger charge is 2.20. The topological polar surface area (TPSA) is 96.6 Å². The molecule has 4 rings (SSSR count). The lowest BCUT2D eigenvalue weighted by atomic mass is 9.97. The van der Waals surface area contributed by atoms with Crippen LogP contribution in [0, 0.1) is 0 Å². The van der Waals surface area contributed by atoms with E-state index in [0.717, 1.165) is 40.5 Å². The van der Waals surface area contributed by atoms with Crippen molar-refractivity contribution in [2.45, 2.75) is 32.2 Å². The Balaban J connectivity index is 1.51. The number of carbonyl (C=O) groups is 1. The number of fused-ring (bicyclic) bond motifs is 3. The van der Waals surface area contributed by atoms with Crippen LogP contribution in [0.1, 0.15) is 28.8 Å². The van der Waals surface area contributed by atoms with Crippen molar-refractivity contribution in [2.24, 2.45) is 5.10 Å². The molecular formula is C19H17BrN4O3S. The van der Waals surface area contributed by atoms with Gasteiger partial charge in [0.05, 0.1) is 17.9 Å². The first-order valence-electron chi connectivity index (χ1n) is 8.83. The molecule has 3 aromatic rings. The summed E-state index contributed by atoms with van der Waals surface area (Å²) in [5.41, 5.74) is 3.75. The summed E-state index contributed by atoms with van der Waals surface area (Å²) in [6.07, 6.45) is 6.86. The third-order valence-electron chi connectivity index (χ3n) is 4.64. The Morgan fingerprint density at radius 3 is 3.07 bits per heavy atom. The van der Waals surface area contributed by atoms with Crippen LogP contribution < -0.4 is 11.0 Å². The number of halogens is 1. The van der Waals surface area contributed by atoms with Crippen LogP contribution in [-0.2, 0) is 24.2 Å². The fourth-order valence-corrected chi connectivity index (χ4v) is 4.88. The summed E-state index contributed by atoms with van der Waals surface area (Å²) >= 11 is 4.89. The number of amides is 1. The zero-order valence-corrected chi connectivity index (χ0v) is 17.2. The minimum atomic E-state index is -0.446. The number of hydrogen-bond acceptors (Lipinski definition) is 6. The molecule has 0 spiro atoms. The van der Waals surface area contributed by atoms with Crippen LogP contribution in [0.2, 0.25) is 0 Å². The SMILES string of the molecule is O=C(Cn1cnc2sc3c(c2c1=O)CCCC3)NN=Cc1cc(Br)ccc1O. The van der Waals surface area contributed by atoms with Gasteiger partial charge < -0.3 is 5.11 Å². The summed E-state index contributed by atoms with van der Waals surface area (Å²) in [4.78, 5) is 31.4. The molecule has 2 aromatic heterocycles. The highest BCUT2D eigenvalue weighted by atomic mass is 79.9. The molecule has 0 fully saturated rings. The van der Waals surface area contributed by atoms with E-state index in [1.165, 1.54) is 28.1 Å². The Kier molecular flexibility index (Phi) is 5.27. The average Bonchev–Trinajstić information content (AvgIpc) is 3.06. The van der Waals surface area contributed by atoms with Gasteiger partial charge >= 0.3 is 0 Å². The average molecular weight is 461 g/mol. The quantitative estimate of drug-likeness (QED) is 0.461. The van der Waals surface area contributed by atoms with Crippen LogP contribution in [0.25, 0.3) is 10.2 Å². The third kappa shape index (κ3) is 3.72. The highest BCUT2D eigenvalue weighted by molar-refractivity contribution is 9.10. The maximum Gasteiger partial charge on any atom is 0.262 e. The summed E-state index contributed by atoms with van der Waals surface area (Å²) in [5, 5.41) is 14.3. The van der Waals surface area contributed by atoms with Crippen molar-refractivity contribution in [3.63, 3.8) is 0 Å². The Morgan fingerprint density at radius 1 is 1.39 bits per heavy atom. The number of rotatable bonds is 4. The van der Waals surface area contributed by atoms with Gasteiger partial charge in [-0.25, -0.2) is 10.4 Å². The molecular weight excluding hydrogens is 444 g/mol. The molecule has 2 heterocycles. The zero-order chi connectivity index (χ0) is 19.7. The first-order chi connectivity index (χ1) is 13.5. The van der Waals surface area contributed by atoms with Crippen molar-refractivity contribution >= 4 is 49.6 Å². The van der Waals surface area contributed by atoms with E-state index >= 15 is 0 Å². The van der Waals surface area contributed by atoms with Gasteiger partial charge in [0.15, 0.2) is 0 Å². The van der Waals surface area contributed by atoms with Gasteiger partial charge in [-0.1, -0.05) is 15.9 Å². The van der Waals surface area contributed by atoms with E-state index in [9.17, 15) is 14.7 Å². The fraction of sp³-hybridized carbons (Fsp3) is 0.263. The predicted octanol–water partition coefficient (Wildman–Crippen LogP) is 2.96. The molecule has 1 aliphatic carbocycles. The number of hydrazone groups is 1. The van der Waals surface area contributed by atoms with Gasteiger partial charge in [-0.15, -0.1) is 11.3 Å². The molecule has 2 N–H and O–H groups in total. The van der Waals surface area contributed by atoms with E-state index in [1.54, 1.807) is 23.5 Å². The van der Waals surface area contributed by atoms with Crippen LogP contribution in [-0.4, -0.2) is 26.8 Å². The summed E-state index contributed by atoms with van der Waals surface area (Å²) < 4.78 is 2.09. The lowest BCUT2D eigenvalue weighted by molar-refractivity contribution is -0.121. The van der Waals surface area contributed by atoms with Crippen LogP contribution >= 0.6 is 27.3 Å². The first-order valence-corrected chi connectivity index (χ1v) is 10.4. The van der Waals surface area contributed by atoms with Gasteiger partial charge in [-0.2, -0.15) is 5.10 Å². The summed E-state index contributed by atoms with van der Waals surface area (Å²) in [6.45, 7) is -0.172. The molecule has 0 unspecified atom stereocenters. The standard InChI is InChI=1S/C19H17BrN4O3S/c20-12-5-6-14(25)11(7-12)8-22-23-16(26)9-24-10-21-18-17(19(24)27)13-3-1-2-4-15(13)28-18/h5-8,10,25H,1-4,9H2,(H,23,26). The number of carbonyl (C=O) groups excluding carboxylic acids is 1. The van der Waals surface area contributed by atoms with Gasteiger partial charge in [-0.3, -0.25) is 14.2 Å². The number of thiophene rings is 1. The van der Waals surface area contributed by atoms with E-state index in [4.69, 9.17) is 0 Å². The van der Waals surface area contributed by atoms with Crippen molar-refractivity contribution in [2.75, 3.05) is 0 Å². The van der Waals surface area contributed by atoms with E-state index < -0.39 is 5.91 Å². The number of aromatic nitrogens is 2. The highest BCUT2D eigenvalue weighted by Crippen LogP contribution is 2.33. The van der Waals surface area contributed by atoms with Crippen molar-refractivity contribution in [1.82, 2.24) is 15.0 Å². The number of phenolic OH excluding ortho intramolecular Hbond substituents is 1. The monoisotopic (exact) mass is 460 g/mol. The van der Waals surface area contributed by atoms with Gasteiger partial charge in [0.25, 0.3) is 11.5 Å². The maximum atomic E-state index is 12.8.